The number of H-pyrrole nitrogens is 1. The molecule has 3 aromatic rings. The molecule has 0 fully saturated rings. The van der Waals surface area contributed by atoms with Crippen molar-refractivity contribution in [3.8, 4) is 0 Å². The molecule has 0 atom stereocenters. The predicted molar refractivity (Wildman–Crippen MR) is 78.9 cm³/mol. The SMILES string of the molecule is O=c1cc(/C=C/c2ccc([N+](=O)[O-])o2)[nH]c2ccccc12. The third-order valence-corrected chi connectivity index (χ3v) is 2.98. The van der Waals surface area contributed by atoms with Crippen molar-refractivity contribution >= 4 is 28.9 Å². The van der Waals surface area contributed by atoms with Crippen molar-refractivity contribution in [3.63, 3.8) is 0 Å². The highest BCUT2D eigenvalue weighted by molar-refractivity contribution is 5.80. The second kappa shape index (κ2) is 5.09. The van der Waals surface area contributed by atoms with Crippen LogP contribution in [0.4, 0.5) is 5.88 Å². The fraction of sp³-hybridized carbons (Fsp3) is 0. The predicted octanol–water partition coefficient (Wildman–Crippen LogP) is 3.20. The number of hydrogen-bond acceptors (Lipinski definition) is 4. The van der Waals surface area contributed by atoms with Crippen molar-refractivity contribution in [1.82, 2.24) is 4.98 Å². The zero-order valence-corrected chi connectivity index (χ0v) is 10.8. The molecule has 21 heavy (non-hydrogen) atoms. The Bertz CT molecular complexity index is 905. The van der Waals surface area contributed by atoms with Gasteiger partial charge in [0.1, 0.15) is 10.7 Å². The van der Waals surface area contributed by atoms with E-state index in [2.05, 4.69) is 4.98 Å². The van der Waals surface area contributed by atoms with Gasteiger partial charge in [0.25, 0.3) is 0 Å². The first-order chi connectivity index (χ1) is 10.1. The lowest BCUT2D eigenvalue weighted by Crippen LogP contribution is -2.02. The standard InChI is InChI=1S/C15H10N2O4/c18-14-9-10(16-13-4-2-1-3-12(13)14)5-6-11-7-8-15(21-11)17(19)20/h1-9H,(H,16,18)/b6-5+. The van der Waals surface area contributed by atoms with Crippen LogP contribution >= 0.6 is 0 Å². The van der Waals surface area contributed by atoms with Crippen LogP contribution in [-0.2, 0) is 0 Å². The van der Waals surface area contributed by atoms with Gasteiger partial charge in [0, 0.05) is 22.7 Å². The van der Waals surface area contributed by atoms with E-state index in [0.29, 0.717) is 16.8 Å². The van der Waals surface area contributed by atoms with E-state index in [1.165, 1.54) is 18.2 Å². The Hall–Kier alpha value is -3.15. The monoisotopic (exact) mass is 282 g/mol. The van der Waals surface area contributed by atoms with Crippen LogP contribution in [0.5, 0.6) is 0 Å². The second-order valence-corrected chi connectivity index (χ2v) is 4.40. The van der Waals surface area contributed by atoms with Gasteiger partial charge >= 0.3 is 5.88 Å². The highest BCUT2D eigenvalue weighted by atomic mass is 16.6. The summed E-state index contributed by atoms with van der Waals surface area (Å²) in [5.41, 5.74) is 1.24. The fourth-order valence-corrected chi connectivity index (χ4v) is 2.01. The van der Waals surface area contributed by atoms with Gasteiger partial charge in [-0.1, -0.05) is 12.1 Å². The first kappa shape index (κ1) is 12.9. The first-order valence-corrected chi connectivity index (χ1v) is 6.18. The number of pyridine rings is 1. The van der Waals surface area contributed by atoms with Crippen LogP contribution in [0.2, 0.25) is 0 Å². The number of nitrogens with zero attached hydrogens (tertiary/aromatic N) is 1. The fourth-order valence-electron chi connectivity index (χ4n) is 2.01. The largest absolute Gasteiger partial charge is 0.433 e. The average Bonchev–Trinajstić information content (AvgIpc) is 2.94. The van der Waals surface area contributed by atoms with Gasteiger partial charge in [0.05, 0.1) is 6.07 Å². The van der Waals surface area contributed by atoms with Crippen LogP contribution in [0, 0.1) is 10.1 Å². The van der Waals surface area contributed by atoms with E-state index in [-0.39, 0.29) is 11.3 Å². The number of benzene rings is 1. The number of rotatable bonds is 3. The van der Waals surface area contributed by atoms with Crippen LogP contribution in [0.3, 0.4) is 0 Å². The van der Waals surface area contributed by atoms with Crippen LogP contribution in [0.15, 0.2) is 51.7 Å². The highest BCUT2D eigenvalue weighted by Gasteiger charge is 2.09. The normalized spacial score (nSPS) is 11.2. The molecule has 0 spiro atoms. The number of furan rings is 1. The van der Waals surface area contributed by atoms with Crippen LogP contribution in [0.25, 0.3) is 23.1 Å². The van der Waals surface area contributed by atoms with E-state index < -0.39 is 4.92 Å². The molecular weight excluding hydrogens is 272 g/mol. The Balaban J connectivity index is 1.95. The summed E-state index contributed by atoms with van der Waals surface area (Å²) < 4.78 is 5.01. The molecule has 0 aliphatic rings. The van der Waals surface area contributed by atoms with Gasteiger partial charge in [0.15, 0.2) is 5.43 Å². The smallest absolute Gasteiger partial charge is 0.401 e. The highest BCUT2D eigenvalue weighted by Crippen LogP contribution is 2.17. The van der Waals surface area contributed by atoms with E-state index in [4.69, 9.17) is 4.42 Å². The van der Waals surface area contributed by atoms with Crippen LogP contribution in [0.1, 0.15) is 11.5 Å². The lowest BCUT2D eigenvalue weighted by atomic mass is 10.2. The van der Waals surface area contributed by atoms with Crippen molar-refractivity contribution in [2.75, 3.05) is 0 Å². The molecule has 2 heterocycles. The van der Waals surface area contributed by atoms with Gasteiger partial charge in [-0.25, -0.2) is 0 Å². The average molecular weight is 282 g/mol. The Morgan fingerprint density at radius 2 is 1.95 bits per heavy atom. The Kier molecular flexibility index (Phi) is 3.12. The van der Waals surface area contributed by atoms with Gasteiger partial charge in [0.2, 0.25) is 0 Å². The van der Waals surface area contributed by atoms with E-state index in [0.717, 1.165) is 5.52 Å². The Labute approximate surface area is 118 Å². The molecule has 6 nitrogen and oxygen atoms in total. The molecule has 1 aromatic carbocycles. The van der Waals surface area contributed by atoms with Crippen molar-refractivity contribution in [3.05, 3.63) is 74.3 Å². The van der Waals surface area contributed by atoms with E-state index >= 15 is 0 Å². The molecule has 3 rings (SSSR count). The van der Waals surface area contributed by atoms with E-state index in [1.54, 1.807) is 24.3 Å². The maximum atomic E-state index is 11.9. The third kappa shape index (κ3) is 2.59. The minimum Gasteiger partial charge on any atom is -0.401 e. The summed E-state index contributed by atoms with van der Waals surface area (Å²) in [5.74, 6) is 0.0253. The van der Waals surface area contributed by atoms with Gasteiger partial charge < -0.3 is 9.40 Å². The molecule has 0 bridgehead atoms. The summed E-state index contributed by atoms with van der Waals surface area (Å²) in [5, 5.41) is 11.1. The number of para-hydroxylation sites is 1. The molecule has 0 unspecified atom stereocenters. The third-order valence-electron chi connectivity index (χ3n) is 2.98. The molecule has 0 aliphatic heterocycles. The Morgan fingerprint density at radius 3 is 2.71 bits per heavy atom. The summed E-state index contributed by atoms with van der Waals surface area (Å²) in [6, 6.07) is 11.4. The molecule has 0 aliphatic carbocycles. The van der Waals surface area contributed by atoms with Gasteiger partial charge in [-0.05, 0) is 30.4 Å². The van der Waals surface area contributed by atoms with Crippen LogP contribution in [-0.4, -0.2) is 9.91 Å². The summed E-state index contributed by atoms with van der Waals surface area (Å²) in [6.07, 6.45) is 3.20. The van der Waals surface area contributed by atoms with Gasteiger partial charge in [-0.15, -0.1) is 0 Å². The number of hydrogen-bond donors (Lipinski definition) is 1. The molecular formula is C15H10N2O4. The molecule has 0 saturated heterocycles. The topological polar surface area (TPSA) is 89.1 Å². The summed E-state index contributed by atoms with van der Waals surface area (Å²) >= 11 is 0. The first-order valence-electron chi connectivity index (χ1n) is 6.18. The van der Waals surface area contributed by atoms with Crippen molar-refractivity contribution < 1.29 is 9.34 Å². The molecule has 1 N–H and O–H groups in total. The van der Waals surface area contributed by atoms with Crippen molar-refractivity contribution in [2.24, 2.45) is 0 Å². The van der Waals surface area contributed by atoms with Crippen molar-refractivity contribution in [1.29, 1.82) is 0 Å². The zero-order chi connectivity index (χ0) is 14.8. The minimum absolute atomic E-state index is 0.0885. The Morgan fingerprint density at radius 1 is 1.14 bits per heavy atom. The number of fused-ring (bicyclic) bond motifs is 1. The second-order valence-electron chi connectivity index (χ2n) is 4.40. The number of nitrogens with one attached hydrogen (secondary N) is 1. The maximum Gasteiger partial charge on any atom is 0.433 e. The number of aromatic nitrogens is 1. The van der Waals surface area contributed by atoms with E-state index in [9.17, 15) is 14.9 Å². The number of nitro groups is 1. The molecule has 104 valence electrons. The zero-order valence-electron chi connectivity index (χ0n) is 10.8. The summed E-state index contributed by atoms with van der Waals surface area (Å²) in [7, 11) is 0. The lowest BCUT2D eigenvalue weighted by molar-refractivity contribution is -0.402. The van der Waals surface area contributed by atoms with Crippen LogP contribution < -0.4 is 5.43 Å². The molecule has 0 radical (unpaired) electrons. The molecule has 0 amide bonds. The van der Waals surface area contributed by atoms with E-state index in [1.807, 2.05) is 12.1 Å². The quantitative estimate of drug-likeness (QED) is 0.590. The lowest BCUT2D eigenvalue weighted by Gasteiger charge is -1.99. The van der Waals surface area contributed by atoms with Crippen molar-refractivity contribution in [2.45, 2.75) is 0 Å². The summed E-state index contributed by atoms with van der Waals surface area (Å²) in [6.45, 7) is 0. The molecule has 0 saturated carbocycles. The van der Waals surface area contributed by atoms with Gasteiger partial charge in [-0.3, -0.25) is 14.9 Å². The number of aromatic amines is 1. The summed E-state index contributed by atoms with van der Waals surface area (Å²) in [4.78, 5) is 25.0. The maximum absolute atomic E-state index is 11.9. The minimum atomic E-state index is -0.602. The molecule has 6 heteroatoms. The van der Waals surface area contributed by atoms with Gasteiger partial charge in [-0.2, -0.15) is 0 Å². The molecule has 2 aromatic heterocycles.